The van der Waals surface area contributed by atoms with E-state index in [1.807, 2.05) is 6.08 Å². The largest absolute Gasteiger partial charge is 0.460 e. The average Bonchev–Trinajstić information content (AvgIpc) is 3.20. The van der Waals surface area contributed by atoms with Gasteiger partial charge in [-0.05, 0) is 93.4 Å². The van der Waals surface area contributed by atoms with Crippen molar-refractivity contribution >= 4 is 5.97 Å². The van der Waals surface area contributed by atoms with Crippen LogP contribution >= 0.6 is 0 Å². The Labute approximate surface area is 191 Å². The van der Waals surface area contributed by atoms with Crippen molar-refractivity contribution in [3.63, 3.8) is 0 Å². The molecule has 4 heteroatoms. The van der Waals surface area contributed by atoms with Crippen molar-refractivity contribution in [2.75, 3.05) is 0 Å². The fourth-order valence-corrected chi connectivity index (χ4v) is 6.83. The predicted octanol–water partition coefficient (Wildman–Crippen LogP) is 5.25. The Hall–Kier alpha value is -1.39. The number of rotatable bonds is 4. The summed E-state index contributed by atoms with van der Waals surface area (Å²) < 4.78 is 30.3. The molecule has 1 saturated heterocycles. The minimum absolute atomic E-state index is 0.0543. The lowest BCUT2D eigenvalue weighted by Gasteiger charge is -2.44. The maximum atomic E-state index is 11.9. The molecule has 31 heavy (non-hydrogen) atoms. The van der Waals surface area contributed by atoms with Crippen LogP contribution in [0.2, 0.25) is 0 Å². The Morgan fingerprint density at radius 1 is 1.32 bits per heavy atom. The van der Waals surface area contributed by atoms with Gasteiger partial charge in [-0.3, -0.25) is 0 Å². The standard InChI is InChI=1S/C27H40O4/c1-17-7-10-21(28)15-20(17)9-8-19-6-5-13-26(3)23(11-12-24(19)26)18(2)14-22-16-27(4,30)25(29)31-22/h8-9,18,21-24,28,30H,1,5-7,10-16H2,2-4H3/b19-8+,20-9-/t18-,21+,22?,23-,24+,26-,27-/m1/s1/i15D2,21D. The van der Waals surface area contributed by atoms with Gasteiger partial charge in [-0.25, -0.2) is 4.79 Å². The summed E-state index contributed by atoms with van der Waals surface area (Å²) >= 11 is 0. The van der Waals surface area contributed by atoms with Crippen molar-refractivity contribution in [3.8, 4) is 0 Å². The van der Waals surface area contributed by atoms with Gasteiger partial charge in [0.15, 0.2) is 5.60 Å². The molecule has 4 aliphatic rings. The zero-order chi connectivity index (χ0) is 25.1. The van der Waals surface area contributed by atoms with Crippen LogP contribution in [0.4, 0.5) is 0 Å². The average molecular weight is 432 g/mol. The van der Waals surface area contributed by atoms with Crippen molar-refractivity contribution in [2.24, 2.45) is 23.2 Å². The van der Waals surface area contributed by atoms with Gasteiger partial charge in [-0.2, -0.15) is 0 Å². The molecule has 0 radical (unpaired) electrons. The number of ether oxygens (including phenoxy) is 1. The number of aliphatic hydroxyl groups is 2. The molecule has 2 N–H and O–H groups in total. The predicted molar refractivity (Wildman–Crippen MR) is 122 cm³/mol. The maximum Gasteiger partial charge on any atom is 0.338 e. The van der Waals surface area contributed by atoms with Crippen LogP contribution in [-0.2, 0) is 9.53 Å². The van der Waals surface area contributed by atoms with E-state index in [9.17, 15) is 15.0 Å². The highest BCUT2D eigenvalue weighted by atomic mass is 16.6. The fourth-order valence-electron chi connectivity index (χ4n) is 6.83. The smallest absolute Gasteiger partial charge is 0.338 e. The minimum Gasteiger partial charge on any atom is -0.460 e. The minimum atomic E-state index is -2.15. The van der Waals surface area contributed by atoms with Gasteiger partial charge in [0.05, 0.1) is 7.45 Å². The van der Waals surface area contributed by atoms with Gasteiger partial charge in [-0.1, -0.05) is 43.7 Å². The molecule has 1 aliphatic heterocycles. The fraction of sp³-hybridized carbons (Fsp3) is 0.741. The molecular weight excluding hydrogens is 388 g/mol. The third-order valence-corrected chi connectivity index (χ3v) is 8.49. The first-order valence-electron chi connectivity index (χ1n) is 13.4. The molecule has 0 amide bonds. The highest BCUT2D eigenvalue weighted by Crippen LogP contribution is 2.60. The number of fused-ring (bicyclic) bond motifs is 1. The van der Waals surface area contributed by atoms with Crippen molar-refractivity contribution in [3.05, 3.63) is 35.5 Å². The number of cyclic esters (lactones) is 1. The molecule has 3 aliphatic carbocycles. The Kier molecular flexibility index (Phi) is 5.25. The van der Waals surface area contributed by atoms with E-state index in [0.29, 0.717) is 41.7 Å². The van der Waals surface area contributed by atoms with Crippen LogP contribution < -0.4 is 0 Å². The summed E-state index contributed by atoms with van der Waals surface area (Å²) in [7, 11) is 0. The number of hydrogen-bond donors (Lipinski definition) is 2. The van der Waals surface area contributed by atoms with Crippen LogP contribution in [0.1, 0.15) is 89.0 Å². The molecule has 3 saturated carbocycles. The quantitative estimate of drug-likeness (QED) is 0.597. The summed E-state index contributed by atoms with van der Waals surface area (Å²) in [4.78, 5) is 11.9. The lowest BCUT2D eigenvalue weighted by atomic mass is 9.60. The summed E-state index contributed by atoms with van der Waals surface area (Å²) in [6.45, 7) is 10.2. The zero-order valence-electron chi connectivity index (χ0n) is 22.2. The molecule has 4 fully saturated rings. The molecule has 0 aromatic rings. The van der Waals surface area contributed by atoms with Crippen LogP contribution in [-0.4, -0.2) is 34.0 Å². The number of carbonyl (C=O) groups excluding carboxylic acids is 1. The Balaban J connectivity index is 1.52. The van der Waals surface area contributed by atoms with Crippen LogP contribution in [0.5, 0.6) is 0 Å². The molecule has 172 valence electrons. The third-order valence-electron chi connectivity index (χ3n) is 8.49. The number of allylic oxidation sites excluding steroid dienone is 4. The van der Waals surface area contributed by atoms with E-state index in [1.54, 1.807) is 6.08 Å². The first-order chi connectivity index (χ1) is 15.7. The van der Waals surface area contributed by atoms with E-state index < -0.39 is 24.0 Å². The molecular formula is C27H40O4. The number of esters is 1. The summed E-state index contributed by atoms with van der Waals surface area (Å²) in [5.74, 6) is 0.759. The van der Waals surface area contributed by atoms with Gasteiger partial charge in [-0.15, -0.1) is 0 Å². The zero-order valence-corrected chi connectivity index (χ0v) is 19.2. The summed E-state index contributed by atoms with van der Waals surface area (Å²) in [5, 5.41) is 20.5. The number of hydrogen-bond acceptors (Lipinski definition) is 4. The normalized spacial score (nSPS) is 50.0. The Bertz CT molecular complexity index is 919. The van der Waals surface area contributed by atoms with E-state index in [1.165, 1.54) is 12.5 Å². The second-order valence-electron chi connectivity index (χ2n) is 10.8. The lowest BCUT2D eigenvalue weighted by Crippen LogP contribution is -2.36. The van der Waals surface area contributed by atoms with Gasteiger partial charge in [0.1, 0.15) is 6.10 Å². The van der Waals surface area contributed by atoms with Crippen molar-refractivity contribution in [1.29, 1.82) is 0 Å². The summed E-state index contributed by atoms with van der Waals surface area (Å²) in [5.41, 5.74) is 1.09. The first kappa shape index (κ1) is 19.1. The molecule has 0 aromatic heterocycles. The van der Waals surface area contributed by atoms with E-state index in [4.69, 9.17) is 8.85 Å². The topological polar surface area (TPSA) is 66.8 Å². The van der Waals surface area contributed by atoms with Gasteiger partial charge in [0.2, 0.25) is 0 Å². The van der Waals surface area contributed by atoms with Crippen molar-refractivity contribution in [1.82, 2.24) is 0 Å². The second-order valence-corrected chi connectivity index (χ2v) is 10.8. The third kappa shape index (κ3) is 4.43. The molecule has 7 atom stereocenters. The van der Waals surface area contributed by atoms with E-state index in [0.717, 1.165) is 38.5 Å². The van der Waals surface area contributed by atoms with E-state index in [-0.39, 0.29) is 17.9 Å². The maximum absolute atomic E-state index is 11.9. The lowest BCUT2D eigenvalue weighted by molar-refractivity contribution is -0.154. The van der Waals surface area contributed by atoms with Crippen LogP contribution in [0.25, 0.3) is 0 Å². The Morgan fingerprint density at radius 2 is 2.10 bits per heavy atom. The van der Waals surface area contributed by atoms with Crippen LogP contribution in [0, 0.1) is 23.2 Å². The summed E-state index contributed by atoms with van der Waals surface area (Å²) in [6.07, 6.45) is 6.29. The van der Waals surface area contributed by atoms with Crippen LogP contribution in [0.15, 0.2) is 35.5 Å². The highest BCUT2D eigenvalue weighted by molar-refractivity contribution is 5.80. The molecule has 0 bridgehead atoms. The van der Waals surface area contributed by atoms with Gasteiger partial charge in [0.25, 0.3) is 0 Å². The van der Waals surface area contributed by atoms with Gasteiger partial charge in [0, 0.05) is 9.16 Å². The molecule has 0 spiro atoms. The molecule has 4 nitrogen and oxygen atoms in total. The molecule has 1 unspecified atom stereocenters. The number of carbonyl (C=O) groups is 1. The Morgan fingerprint density at radius 3 is 2.81 bits per heavy atom. The monoisotopic (exact) mass is 431 g/mol. The van der Waals surface area contributed by atoms with Crippen LogP contribution in [0.3, 0.4) is 0 Å². The van der Waals surface area contributed by atoms with Crippen molar-refractivity contribution < 1.29 is 23.9 Å². The van der Waals surface area contributed by atoms with E-state index in [2.05, 4.69) is 20.4 Å². The highest BCUT2D eigenvalue weighted by Gasteiger charge is 2.52. The summed E-state index contributed by atoms with van der Waals surface area (Å²) in [6, 6.07) is 0. The molecule has 1 heterocycles. The molecule has 0 aromatic carbocycles. The first-order valence-corrected chi connectivity index (χ1v) is 11.9. The van der Waals surface area contributed by atoms with Gasteiger partial charge >= 0.3 is 5.97 Å². The van der Waals surface area contributed by atoms with Gasteiger partial charge < -0.3 is 14.9 Å². The SMILES string of the molecule is [2H]C1([2H])/C(=C/C=C2\CCC[C@]3(C)[C@@H]([C@H](C)CC4C[C@@](C)(O)C(=O)O4)CC[C@@H]23)C(=C)CC[C@]1([2H])O. The molecule has 4 rings (SSSR count). The van der Waals surface area contributed by atoms with Crippen molar-refractivity contribution in [2.45, 2.75) is 103 Å². The van der Waals surface area contributed by atoms with E-state index >= 15 is 0 Å². The second kappa shape index (κ2) is 8.51.